The van der Waals surface area contributed by atoms with Crippen LogP contribution >= 0.6 is 0 Å². The number of amides is 1. The number of likely N-dealkylation sites (tertiary alicyclic amines) is 1. The highest BCUT2D eigenvalue weighted by Gasteiger charge is 2.26. The van der Waals surface area contributed by atoms with Crippen LogP contribution in [-0.2, 0) is 6.42 Å². The molecule has 0 unspecified atom stereocenters. The van der Waals surface area contributed by atoms with Crippen molar-refractivity contribution in [2.24, 2.45) is 0 Å². The van der Waals surface area contributed by atoms with Crippen LogP contribution in [0, 0.1) is 0 Å². The summed E-state index contributed by atoms with van der Waals surface area (Å²) in [6.45, 7) is 5.08. The molecule has 134 valence electrons. The zero-order chi connectivity index (χ0) is 17.9. The van der Waals surface area contributed by atoms with E-state index in [1.165, 1.54) is 6.33 Å². The number of carbonyl (C=O) groups is 1. The van der Waals surface area contributed by atoms with E-state index in [0.717, 1.165) is 49.3 Å². The second-order valence-corrected chi connectivity index (χ2v) is 7.45. The average molecular weight is 342 g/mol. The highest BCUT2D eigenvalue weighted by atomic mass is 16.3. The lowest BCUT2D eigenvalue weighted by Crippen LogP contribution is -2.38. The predicted molar refractivity (Wildman–Crippen MR) is 95.3 cm³/mol. The quantitative estimate of drug-likeness (QED) is 0.875. The molecule has 0 saturated carbocycles. The topological polar surface area (TPSA) is 82.1 Å². The number of aromatic nitrogens is 3. The highest BCUT2D eigenvalue weighted by Crippen LogP contribution is 2.26. The number of hydrogen-bond donors (Lipinski definition) is 2. The van der Waals surface area contributed by atoms with Gasteiger partial charge in [-0.15, -0.1) is 0 Å². The Kier molecular flexibility index (Phi) is 5.18. The third kappa shape index (κ3) is 4.66. The van der Waals surface area contributed by atoms with Crippen molar-refractivity contribution in [2.45, 2.75) is 51.0 Å². The van der Waals surface area contributed by atoms with Gasteiger partial charge >= 0.3 is 0 Å². The SMILES string of the molecule is CC(C)(O)CCc1cccc(C(=O)N2CCC(c3ncn[nH]3)CC2)c1. The molecule has 25 heavy (non-hydrogen) atoms. The molecule has 1 aliphatic rings. The molecule has 0 radical (unpaired) electrons. The summed E-state index contributed by atoms with van der Waals surface area (Å²) in [6, 6.07) is 7.77. The summed E-state index contributed by atoms with van der Waals surface area (Å²) >= 11 is 0. The van der Waals surface area contributed by atoms with E-state index in [2.05, 4.69) is 15.2 Å². The van der Waals surface area contributed by atoms with Gasteiger partial charge in [-0.05, 0) is 57.2 Å². The molecule has 2 aromatic rings. The number of rotatable bonds is 5. The van der Waals surface area contributed by atoms with Crippen LogP contribution in [-0.4, -0.2) is 49.8 Å². The van der Waals surface area contributed by atoms with Gasteiger partial charge < -0.3 is 10.0 Å². The van der Waals surface area contributed by atoms with Gasteiger partial charge in [0.15, 0.2) is 0 Å². The minimum absolute atomic E-state index is 0.0844. The molecule has 0 atom stereocenters. The van der Waals surface area contributed by atoms with Crippen molar-refractivity contribution in [3.63, 3.8) is 0 Å². The largest absolute Gasteiger partial charge is 0.390 e. The lowest BCUT2D eigenvalue weighted by molar-refractivity contribution is 0.0711. The summed E-state index contributed by atoms with van der Waals surface area (Å²) in [7, 11) is 0. The first-order valence-corrected chi connectivity index (χ1v) is 8.88. The third-order valence-corrected chi connectivity index (χ3v) is 4.80. The third-order valence-electron chi connectivity index (χ3n) is 4.80. The Labute approximate surface area is 148 Å². The molecule has 1 amide bonds. The molecule has 1 fully saturated rings. The molecule has 6 heteroatoms. The van der Waals surface area contributed by atoms with Crippen LogP contribution in [0.4, 0.5) is 0 Å². The maximum atomic E-state index is 12.8. The van der Waals surface area contributed by atoms with Crippen molar-refractivity contribution in [3.05, 3.63) is 47.5 Å². The highest BCUT2D eigenvalue weighted by molar-refractivity contribution is 5.94. The summed E-state index contributed by atoms with van der Waals surface area (Å²) < 4.78 is 0. The fourth-order valence-electron chi connectivity index (χ4n) is 3.26. The van der Waals surface area contributed by atoms with Crippen molar-refractivity contribution in [3.8, 4) is 0 Å². The molecular weight excluding hydrogens is 316 g/mol. The van der Waals surface area contributed by atoms with Crippen LogP contribution in [0.2, 0.25) is 0 Å². The summed E-state index contributed by atoms with van der Waals surface area (Å²) in [4.78, 5) is 18.9. The zero-order valence-corrected chi connectivity index (χ0v) is 14.9. The van der Waals surface area contributed by atoms with Gasteiger partial charge in [0, 0.05) is 24.6 Å². The van der Waals surface area contributed by atoms with E-state index in [1.807, 2.05) is 29.2 Å². The average Bonchev–Trinajstić information content (AvgIpc) is 3.14. The summed E-state index contributed by atoms with van der Waals surface area (Å²) in [5.41, 5.74) is 1.12. The van der Waals surface area contributed by atoms with E-state index < -0.39 is 5.60 Å². The normalized spacial score (nSPS) is 16.2. The molecule has 1 saturated heterocycles. The zero-order valence-electron chi connectivity index (χ0n) is 14.9. The molecule has 2 heterocycles. The van der Waals surface area contributed by atoms with E-state index in [4.69, 9.17) is 0 Å². The van der Waals surface area contributed by atoms with E-state index in [-0.39, 0.29) is 5.91 Å². The number of piperidine rings is 1. The minimum Gasteiger partial charge on any atom is -0.390 e. The van der Waals surface area contributed by atoms with Crippen LogP contribution in [0.15, 0.2) is 30.6 Å². The van der Waals surface area contributed by atoms with Crippen molar-refractivity contribution < 1.29 is 9.90 Å². The fourth-order valence-corrected chi connectivity index (χ4v) is 3.26. The molecule has 3 rings (SSSR count). The molecule has 0 spiro atoms. The van der Waals surface area contributed by atoms with Crippen LogP contribution in [0.1, 0.15) is 60.8 Å². The Morgan fingerprint density at radius 3 is 2.76 bits per heavy atom. The second kappa shape index (κ2) is 7.35. The monoisotopic (exact) mass is 342 g/mol. The first-order valence-electron chi connectivity index (χ1n) is 8.88. The molecule has 2 N–H and O–H groups in total. The van der Waals surface area contributed by atoms with Crippen molar-refractivity contribution >= 4 is 5.91 Å². The van der Waals surface area contributed by atoms with Gasteiger partial charge in [-0.1, -0.05) is 12.1 Å². The smallest absolute Gasteiger partial charge is 0.253 e. The van der Waals surface area contributed by atoms with Crippen molar-refractivity contribution in [1.82, 2.24) is 20.1 Å². The first-order chi connectivity index (χ1) is 11.9. The Morgan fingerprint density at radius 1 is 1.36 bits per heavy atom. The van der Waals surface area contributed by atoms with Gasteiger partial charge in [-0.3, -0.25) is 9.89 Å². The Balaban J connectivity index is 1.60. The van der Waals surface area contributed by atoms with Gasteiger partial charge in [0.1, 0.15) is 12.2 Å². The maximum Gasteiger partial charge on any atom is 0.253 e. The number of aliphatic hydroxyl groups is 1. The molecule has 6 nitrogen and oxygen atoms in total. The van der Waals surface area contributed by atoms with Crippen LogP contribution < -0.4 is 0 Å². The number of benzene rings is 1. The predicted octanol–water partition coefficient (Wildman–Crippen LogP) is 2.53. The number of carbonyl (C=O) groups excluding carboxylic acids is 1. The van der Waals surface area contributed by atoms with Gasteiger partial charge in [0.2, 0.25) is 0 Å². The van der Waals surface area contributed by atoms with Gasteiger partial charge in [0.25, 0.3) is 5.91 Å². The molecule has 1 aliphatic heterocycles. The van der Waals surface area contributed by atoms with Crippen molar-refractivity contribution in [1.29, 1.82) is 0 Å². The van der Waals surface area contributed by atoms with Crippen LogP contribution in [0.5, 0.6) is 0 Å². The maximum absolute atomic E-state index is 12.8. The van der Waals surface area contributed by atoms with Crippen molar-refractivity contribution in [2.75, 3.05) is 13.1 Å². The minimum atomic E-state index is -0.692. The summed E-state index contributed by atoms with van der Waals surface area (Å²) in [6.07, 6.45) is 4.77. The van der Waals surface area contributed by atoms with E-state index in [0.29, 0.717) is 12.3 Å². The van der Waals surface area contributed by atoms with E-state index >= 15 is 0 Å². The Morgan fingerprint density at radius 2 is 2.12 bits per heavy atom. The molecule has 1 aromatic heterocycles. The standard InChI is InChI=1S/C19H26N4O2/c1-19(2,25)9-6-14-4-3-5-16(12-14)18(24)23-10-7-15(8-11-23)17-20-13-21-22-17/h3-5,12-13,15,25H,6-11H2,1-2H3,(H,20,21,22). The van der Waals surface area contributed by atoms with Crippen LogP contribution in [0.25, 0.3) is 0 Å². The number of nitrogens with zero attached hydrogens (tertiary/aromatic N) is 3. The molecule has 0 aliphatic carbocycles. The number of hydrogen-bond acceptors (Lipinski definition) is 4. The van der Waals surface area contributed by atoms with Gasteiger partial charge in [-0.25, -0.2) is 4.98 Å². The van der Waals surface area contributed by atoms with E-state index in [1.54, 1.807) is 13.8 Å². The fraction of sp³-hybridized carbons (Fsp3) is 0.526. The Hall–Kier alpha value is -2.21. The number of H-pyrrole nitrogens is 1. The van der Waals surface area contributed by atoms with E-state index in [9.17, 15) is 9.90 Å². The summed E-state index contributed by atoms with van der Waals surface area (Å²) in [5.74, 6) is 1.35. The van der Waals surface area contributed by atoms with Gasteiger partial charge in [0.05, 0.1) is 5.60 Å². The Bertz CT molecular complexity index is 698. The lowest BCUT2D eigenvalue weighted by atomic mass is 9.95. The van der Waals surface area contributed by atoms with Gasteiger partial charge in [-0.2, -0.15) is 5.10 Å². The first kappa shape index (κ1) is 17.6. The summed E-state index contributed by atoms with van der Waals surface area (Å²) in [5, 5.41) is 16.7. The molecule has 0 bridgehead atoms. The second-order valence-electron chi connectivity index (χ2n) is 7.45. The number of nitrogens with one attached hydrogen (secondary N) is 1. The molecule has 1 aromatic carbocycles. The number of aromatic amines is 1. The molecular formula is C19H26N4O2. The van der Waals surface area contributed by atoms with Crippen LogP contribution in [0.3, 0.4) is 0 Å². The lowest BCUT2D eigenvalue weighted by Gasteiger charge is -2.31. The number of aryl methyl sites for hydroxylation is 1.